The molecular formula is C16H13F3N2O2. The maximum Gasteiger partial charge on any atom is 0.277 e. The topological polar surface area (TPSA) is 50.7 Å². The zero-order chi connectivity index (χ0) is 16.8. The van der Waals surface area contributed by atoms with Gasteiger partial charge in [-0.3, -0.25) is 4.79 Å². The van der Waals surface area contributed by atoms with Crippen molar-refractivity contribution in [3.8, 4) is 5.75 Å². The molecule has 0 saturated carbocycles. The van der Waals surface area contributed by atoms with Crippen LogP contribution in [0.15, 0.2) is 47.6 Å². The van der Waals surface area contributed by atoms with Gasteiger partial charge in [0.05, 0.1) is 11.3 Å². The number of hydrogen-bond acceptors (Lipinski definition) is 3. The van der Waals surface area contributed by atoms with Crippen LogP contribution in [-0.4, -0.2) is 18.2 Å². The van der Waals surface area contributed by atoms with Gasteiger partial charge in [0.25, 0.3) is 5.91 Å². The second kappa shape index (κ2) is 7.44. The van der Waals surface area contributed by atoms with E-state index in [1.807, 2.05) is 0 Å². The van der Waals surface area contributed by atoms with Crippen LogP contribution in [0.3, 0.4) is 0 Å². The Bertz CT molecular complexity index is 710. The van der Waals surface area contributed by atoms with Gasteiger partial charge in [-0.1, -0.05) is 6.07 Å². The normalized spacial score (nSPS) is 11.2. The highest BCUT2D eigenvalue weighted by atomic mass is 19.1. The van der Waals surface area contributed by atoms with E-state index >= 15 is 0 Å². The van der Waals surface area contributed by atoms with Crippen LogP contribution in [0, 0.1) is 17.5 Å². The van der Waals surface area contributed by atoms with Crippen molar-refractivity contribution in [1.82, 2.24) is 5.43 Å². The first kappa shape index (κ1) is 16.5. The summed E-state index contributed by atoms with van der Waals surface area (Å²) >= 11 is 0. The number of benzene rings is 2. The molecule has 120 valence electrons. The summed E-state index contributed by atoms with van der Waals surface area (Å²) in [5, 5.41) is 3.64. The molecule has 0 aliphatic carbocycles. The Morgan fingerprint density at radius 1 is 1.09 bits per heavy atom. The van der Waals surface area contributed by atoms with Crippen LogP contribution in [-0.2, 0) is 4.79 Å². The van der Waals surface area contributed by atoms with Crippen LogP contribution in [0.4, 0.5) is 13.2 Å². The summed E-state index contributed by atoms with van der Waals surface area (Å²) in [5.74, 6) is -2.28. The van der Waals surface area contributed by atoms with Crippen LogP contribution in [0.25, 0.3) is 0 Å². The number of carbonyl (C=O) groups excluding carboxylic acids is 1. The molecule has 0 aliphatic heterocycles. The molecule has 0 spiro atoms. The van der Waals surface area contributed by atoms with E-state index in [4.69, 9.17) is 4.74 Å². The number of halogens is 3. The SMILES string of the molecule is C/C(=N/NC(=O)COc1ccc(F)cc1)c1c(F)cccc1F. The van der Waals surface area contributed by atoms with Crippen molar-refractivity contribution in [2.75, 3.05) is 6.61 Å². The molecule has 1 amide bonds. The van der Waals surface area contributed by atoms with Crippen LogP contribution < -0.4 is 10.2 Å². The van der Waals surface area contributed by atoms with E-state index < -0.39 is 23.4 Å². The Balaban J connectivity index is 1.93. The Hall–Kier alpha value is -2.83. The van der Waals surface area contributed by atoms with E-state index in [9.17, 15) is 18.0 Å². The average molecular weight is 322 g/mol. The van der Waals surface area contributed by atoms with Gasteiger partial charge >= 0.3 is 0 Å². The molecule has 0 unspecified atom stereocenters. The Kier molecular flexibility index (Phi) is 5.35. The monoisotopic (exact) mass is 322 g/mol. The quantitative estimate of drug-likeness (QED) is 0.679. The van der Waals surface area contributed by atoms with Gasteiger partial charge in [0.1, 0.15) is 23.2 Å². The molecule has 0 aliphatic rings. The van der Waals surface area contributed by atoms with Crippen molar-refractivity contribution in [3.05, 3.63) is 65.5 Å². The molecule has 1 N–H and O–H groups in total. The first-order valence-electron chi connectivity index (χ1n) is 6.63. The standard InChI is InChI=1S/C16H13F3N2O2/c1-10(16-13(18)3-2-4-14(16)19)20-21-15(22)9-23-12-7-5-11(17)6-8-12/h2-8H,9H2,1H3,(H,21,22)/b20-10-. The van der Waals surface area contributed by atoms with Gasteiger partial charge in [0, 0.05) is 0 Å². The van der Waals surface area contributed by atoms with E-state index in [0.29, 0.717) is 5.75 Å². The number of hydrogen-bond donors (Lipinski definition) is 1. The summed E-state index contributed by atoms with van der Waals surface area (Å²) in [6.45, 7) is 0.991. The van der Waals surface area contributed by atoms with Crippen LogP contribution in [0.5, 0.6) is 5.75 Å². The molecule has 0 saturated heterocycles. The maximum absolute atomic E-state index is 13.5. The molecule has 2 aromatic carbocycles. The Labute approximate surface area is 130 Å². The molecular weight excluding hydrogens is 309 g/mol. The molecule has 7 heteroatoms. The molecule has 2 rings (SSSR count). The summed E-state index contributed by atoms with van der Waals surface area (Å²) in [7, 11) is 0. The fourth-order valence-electron chi connectivity index (χ4n) is 1.76. The summed E-state index contributed by atoms with van der Waals surface area (Å²) in [4.78, 5) is 11.6. The Morgan fingerprint density at radius 2 is 1.70 bits per heavy atom. The molecule has 0 aromatic heterocycles. The molecule has 2 aromatic rings. The lowest BCUT2D eigenvalue weighted by atomic mass is 10.1. The average Bonchev–Trinajstić information content (AvgIpc) is 2.52. The first-order valence-corrected chi connectivity index (χ1v) is 6.63. The maximum atomic E-state index is 13.5. The molecule has 0 fully saturated rings. The van der Waals surface area contributed by atoms with Gasteiger partial charge in [-0.15, -0.1) is 0 Å². The third-order valence-electron chi connectivity index (χ3n) is 2.86. The van der Waals surface area contributed by atoms with Crippen molar-refractivity contribution < 1.29 is 22.7 Å². The van der Waals surface area contributed by atoms with Gasteiger partial charge in [-0.05, 0) is 43.3 Å². The fraction of sp³-hybridized carbons (Fsp3) is 0.125. The minimum absolute atomic E-state index is 0.0178. The predicted octanol–water partition coefficient (Wildman–Crippen LogP) is 3.02. The van der Waals surface area contributed by atoms with E-state index in [1.54, 1.807) is 0 Å². The minimum atomic E-state index is -0.775. The van der Waals surface area contributed by atoms with E-state index in [2.05, 4.69) is 10.5 Å². The first-order chi connectivity index (χ1) is 11.0. The number of nitrogens with one attached hydrogen (secondary N) is 1. The van der Waals surface area contributed by atoms with Crippen molar-refractivity contribution in [3.63, 3.8) is 0 Å². The molecule has 0 heterocycles. The van der Waals surface area contributed by atoms with Crippen molar-refractivity contribution in [2.45, 2.75) is 6.92 Å². The molecule has 0 radical (unpaired) electrons. The Morgan fingerprint density at radius 3 is 2.30 bits per heavy atom. The van der Waals surface area contributed by atoms with Crippen molar-refractivity contribution in [1.29, 1.82) is 0 Å². The number of rotatable bonds is 5. The highest BCUT2D eigenvalue weighted by Gasteiger charge is 2.12. The molecule has 0 atom stereocenters. The third-order valence-corrected chi connectivity index (χ3v) is 2.86. The van der Waals surface area contributed by atoms with Crippen LogP contribution >= 0.6 is 0 Å². The lowest BCUT2D eigenvalue weighted by Crippen LogP contribution is -2.26. The van der Waals surface area contributed by atoms with Crippen molar-refractivity contribution >= 4 is 11.6 Å². The van der Waals surface area contributed by atoms with Gasteiger partial charge in [-0.2, -0.15) is 5.10 Å². The number of hydrazone groups is 1. The van der Waals surface area contributed by atoms with E-state index in [1.165, 1.54) is 37.3 Å². The highest BCUT2D eigenvalue weighted by Crippen LogP contribution is 2.13. The lowest BCUT2D eigenvalue weighted by Gasteiger charge is -2.06. The largest absolute Gasteiger partial charge is 0.484 e. The summed E-state index contributed by atoms with van der Waals surface area (Å²) in [6, 6.07) is 8.54. The third kappa shape index (κ3) is 4.57. The van der Waals surface area contributed by atoms with E-state index in [-0.39, 0.29) is 17.9 Å². The molecule has 23 heavy (non-hydrogen) atoms. The number of ether oxygens (including phenoxy) is 1. The predicted molar refractivity (Wildman–Crippen MR) is 78.6 cm³/mol. The number of amides is 1. The summed E-state index contributed by atoms with van der Waals surface area (Å²) in [5.41, 5.74) is 1.80. The van der Waals surface area contributed by atoms with Crippen LogP contribution in [0.2, 0.25) is 0 Å². The molecule has 0 bridgehead atoms. The van der Waals surface area contributed by atoms with Gasteiger partial charge in [-0.25, -0.2) is 18.6 Å². The van der Waals surface area contributed by atoms with Crippen LogP contribution in [0.1, 0.15) is 12.5 Å². The zero-order valence-corrected chi connectivity index (χ0v) is 12.1. The molecule has 4 nitrogen and oxygen atoms in total. The van der Waals surface area contributed by atoms with Gasteiger partial charge < -0.3 is 4.74 Å². The second-order valence-electron chi connectivity index (χ2n) is 4.57. The van der Waals surface area contributed by atoms with Crippen molar-refractivity contribution in [2.24, 2.45) is 5.10 Å². The zero-order valence-electron chi connectivity index (χ0n) is 12.1. The fourth-order valence-corrected chi connectivity index (χ4v) is 1.76. The summed E-state index contributed by atoms with van der Waals surface area (Å²) < 4.78 is 44.9. The lowest BCUT2D eigenvalue weighted by molar-refractivity contribution is -0.123. The smallest absolute Gasteiger partial charge is 0.277 e. The second-order valence-corrected chi connectivity index (χ2v) is 4.57. The van der Waals surface area contributed by atoms with Gasteiger partial charge in [0.2, 0.25) is 0 Å². The number of carbonyl (C=O) groups is 1. The highest BCUT2D eigenvalue weighted by molar-refractivity contribution is 5.99. The summed E-state index contributed by atoms with van der Waals surface area (Å²) in [6.07, 6.45) is 0. The van der Waals surface area contributed by atoms with E-state index in [0.717, 1.165) is 12.1 Å². The number of nitrogens with zero attached hydrogens (tertiary/aromatic N) is 1. The van der Waals surface area contributed by atoms with Gasteiger partial charge in [0.15, 0.2) is 6.61 Å². The minimum Gasteiger partial charge on any atom is -0.484 e.